The van der Waals surface area contributed by atoms with Gasteiger partial charge in [0.05, 0.1) is 6.21 Å². The summed E-state index contributed by atoms with van der Waals surface area (Å²) >= 11 is 0. The van der Waals surface area contributed by atoms with Crippen molar-refractivity contribution in [3.05, 3.63) is 96.2 Å². The first kappa shape index (κ1) is 17.9. The number of hydrazone groups is 1. The summed E-state index contributed by atoms with van der Waals surface area (Å²) in [5, 5.41) is 6.90. The molecule has 0 saturated carbocycles. The van der Waals surface area contributed by atoms with Crippen LogP contribution in [0.1, 0.15) is 16.3 Å². The number of nitrogens with one attached hydrogen (secondary N) is 1. The van der Waals surface area contributed by atoms with Gasteiger partial charge in [0, 0.05) is 10.9 Å². The topological polar surface area (TPSA) is 67.7 Å². The van der Waals surface area contributed by atoms with Crippen molar-refractivity contribution in [3.8, 4) is 11.3 Å². The van der Waals surface area contributed by atoms with Crippen molar-refractivity contribution in [2.24, 2.45) is 5.10 Å². The lowest BCUT2D eigenvalue weighted by molar-refractivity contribution is 0.0929. The molecular formula is C24H15FN2O3. The van der Waals surface area contributed by atoms with Gasteiger partial charge in [0.15, 0.2) is 5.76 Å². The number of hydrogen-bond donors (Lipinski definition) is 1. The zero-order valence-electron chi connectivity index (χ0n) is 15.6. The molecule has 0 bridgehead atoms. The van der Waals surface area contributed by atoms with E-state index in [4.69, 9.17) is 8.83 Å². The van der Waals surface area contributed by atoms with E-state index in [1.54, 1.807) is 30.3 Å². The molecule has 1 N–H and O–H groups in total. The van der Waals surface area contributed by atoms with Crippen LogP contribution in [0.5, 0.6) is 0 Å². The van der Waals surface area contributed by atoms with E-state index < -0.39 is 5.91 Å². The molecule has 0 fully saturated rings. The number of carbonyl (C=O) groups excluding carboxylic acids is 1. The van der Waals surface area contributed by atoms with Crippen LogP contribution < -0.4 is 5.43 Å². The predicted octanol–water partition coefficient (Wildman–Crippen LogP) is 5.75. The lowest BCUT2D eigenvalue weighted by Crippen LogP contribution is -2.16. The Morgan fingerprint density at radius 2 is 1.73 bits per heavy atom. The molecule has 5 aromatic rings. The summed E-state index contributed by atoms with van der Waals surface area (Å²) in [6.07, 6.45) is 1.39. The molecule has 3 aromatic carbocycles. The van der Waals surface area contributed by atoms with Crippen molar-refractivity contribution >= 4 is 33.9 Å². The van der Waals surface area contributed by atoms with Crippen LogP contribution in [0.4, 0.5) is 4.39 Å². The number of benzene rings is 3. The Kier molecular flexibility index (Phi) is 4.37. The quantitative estimate of drug-likeness (QED) is 0.310. The van der Waals surface area contributed by atoms with Gasteiger partial charge in [-0.25, -0.2) is 9.82 Å². The van der Waals surface area contributed by atoms with Crippen molar-refractivity contribution in [2.45, 2.75) is 0 Å². The zero-order chi connectivity index (χ0) is 20.5. The Morgan fingerprint density at radius 3 is 2.60 bits per heavy atom. The summed E-state index contributed by atoms with van der Waals surface area (Å²) in [6, 6.07) is 22.9. The van der Waals surface area contributed by atoms with E-state index in [1.807, 2.05) is 36.4 Å². The van der Waals surface area contributed by atoms with Crippen LogP contribution in [0.15, 0.2) is 92.8 Å². The first-order valence-electron chi connectivity index (χ1n) is 9.28. The van der Waals surface area contributed by atoms with E-state index in [2.05, 4.69) is 10.5 Å². The maximum absolute atomic E-state index is 13.0. The zero-order valence-corrected chi connectivity index (χ0v) is 15.6. The molecule has 0 radical (unpaired) electrons. The maximum Gasteiger partial charge on any atom is 0.307 e. The smallest absolute Gasteiger partial charge is 0.307 e. The third-order valence-electron chi connectivity index (χ3n) is 4.76. The molecule has 30 heavy (non-hydrogen) atoms. The minimum Gasteiger partial charge on any atom is -0.455 e. The first-order chi connectivity index (χ1) is 14.7. The SMILES string of the molecule is O=C(N/N=C\c1ccc(-c2ccc(F)cc2)o1)c1cc2c(ccc3ccccc32)o1. The highest BCUT2D eigenvalue weighted by Gasteiger charge is 2.13. The standard InChI is InChI=1S/C24H15FN2O3/c25-17-8-5-16(6-9-17)21-12-10-18(29-21)14-26-27-24(28)23-13-20-19-4-2-1-3-15(19)7-11-22(20)30-23/h1-14H,(H,27,28)/b26-14-. The second-order valence-electron chi connectivity index (χ2n) is 6.72. The molecule has 146 valence electrons. The van der Waals surface area contributed by atoms with E-state index in [0.29, 0.717) is 17.1 Å². The third kappa shape index (κ3) is 3.35. The van der Waals surface area contributed by atoms with E-state index in [-0.39, 0.29) is 11.6 Å². The fraction of sp³-hybridized carbons (Fsp3) is 0. The van der Waals surface area contributed by atoms with Gasteiger partial charge in [-0.2, -0.15) is 5.10 Å². The number of carbonyl (C=O) groups is 1. The second-order valence-corrected chi connectivity index (χ2v) is 6.72. The molecule has 0 aliphatic carbocycles. The van der Waals surface area contributed by atoms with Gasteiger partial charge in [-0.15, -0.1) is 0 Å². The number of fused-ring (bicyclic) bond motifs is 3. The summed E-state index contributed by atoms with van der Waals surface area (Å²) in [6.45, 7) is 0. The summed E-state index contributed by atoms with van der Waals surface area (Å²) < 4.78 is 24.4. The van der Waals surface area contributed by atoms with Crippen molar-refractivity contribution in [1.82, 2.24) is 5.43 Å². The van der Waals surface area contributed by atoms with Crippen LogP contribution in [-0.4, -0.2) is 12.1 Å². The second kappa shape index (κ2) is 7.33. The molecule has 0 unspecified atom stereocenters. The first-order valence-corrected chi connectivity index (χ1v) is 9.28. The average molecular weight is 398 g/mol. The molecule has 0 atom stereocenters. The van der Waals surface area contributed by atoms with Crippen molar-refractivity contribution in [3.63, 3.8) is 0 Å². The minimum absolute atomic E-state index is 0.171. The average Bonchev–Trinajstić information content (AvgIpc) is 3.41. The van der Waals surface area contributed by atoms with Gasteiger partial charge in [-0.3, -0.25) is 4.79 Å². The number of hydrogen-bond acceptors (Lipinski definition) is 4. The van der Waals surface area contributed by atoms with Gasteiger partial charge in [-0.05, 0) is 59.3 Å². The molecule has 5 nitrogen and oxygen atoms in total. The number of rotatable bonds is 4. The Morgan fingerprint density at radius 1 is 0.900 bits per heavy atom. The summed E-state index contributed by atoms with van der Waals surface area (Å²) in [5.74, 6) is 0.423. The molecule has 0 spiro atoms. The van der Waals surface area contributed by atoms with Crippen LogP contribution in [0.3, 0.4) is 0 Å². The molecule has 2 heterocycles. The molecule has 0 aliphatic heterocycles. The van der Waals surface area contributed by atoms with Gasteiger partial charge in [0.25, 0.3) is 0 Å². The molecule has 2 aromatic heterocycles. The van der Waals surface area contributed by atoms with Crippen LogP contribution in [0.25, 0.3) is 33.1 Å². The van der Waals surface area contributed by atoms with E-state index in [9.17, 15) is 9.18 Å². The highest BCUT2D eigenvalue weighted by atomic mass is 19.1. The van der Waals surface area contributed by atoms with Gasteiger partial charge in [0.2, 0.25) is 0 Å². The normalized spacial score (nSPS) is 11.5. The van der Waals surface area contributed by atoms with Gasteiger partial charge < -0.3 is 8.83 Å². The Labute approximate surface area is 170 Å². The van der Waals surface area contributed by atoms with Crippen LogP contribution in [0.2, 0.25) is 0 Å². The number of amides is 1. The summed E-state index contributed by atoms with van der Waals surface area (Å²) in [5.41, 5.74) is 3.82. The lowest BCUT2D eigenvalue weighted by atomic mass is 10.1. The van der Waals surface area contributed by atoms with Crippen molar-refractivity contribution in [1.29, 1.82) is 0 Å². The number of nitrogens with zero attached hydrogens (tertiary/aromatic N) is 1. The molecular weight excluding hydrogens is 383 g/mol. The fourth-order valence-corrected chi connectivity index (χ4v) is 3.31. The summed E-state index contributed by atoms with van der Waals surface area (Å²) in [7, 11) is 0. The van der Waals surface area contributed by atoms with Crippen molar-refractivity contribution < 1.29 is 18.0 Å². The molecule has 5 rings (SSSR count). The summed E-state index contributed by atoms with van der Waals surface area (Å²) in [4.78, 5) is 12.4. The van der Waals surface area contributed by atoms with E-state index in [1.165, 1.54) is 18.3 Å². The minimum atomic E-state index is -0.461. The highest BCUT2D eigenvalue weighted by Crippen LogP contribution is 2.28. The lowest BCUT2D eigenvalue weighted by Gasteiger charge is -1.96. The molecule has 1 amide bonds. The van der Waals surface area contributed by atoms with Gasteiger partial charge in [0.1, 0.15) is 22.9 Å². The molecule has 6 heteroatoms. The van der Waals surface area contributed by atoms with Crippen molar-refractivity contribution in [2.75, 3.05) is 0 Å². The van der Waals surface area contributed by atoms with E-state index >= 15 is 0 Å². The third-order valence-corrected chi connectivity index (χ3v) is 4.76. The van der Waals surface area contributed by atoms with Gasteiger partial charge in [-0.1, -0.05) is 30.3 Å². The monoisotopic (exact) mass is 398 g/mol. The fourth-order valence-electron chi connectivity index (χ4n) is 3.31. The largest absolute Gasteiger partial charge is 0.455 e. The highest BCUT2D eigenvalue weighted by molar-refractivity contribution is 6.08. The Bertz CT molecular complexity index is 1400. The van der Waals surface area contributed by atoms with E-state index in [0.717, 1.165) is 21.7 Å². The van der Waals surface area contributed by atoms with Crippen LogP contribution in [0, 0.1) is 5.82 Å². The Hall–Kier alpha value is -4.19. The van der Waals surface area contributed by atoms with Crippen LogP contribution >= 0.6 is 0 Å². The van der Waals surface area contributed by atoms with Crippen LogP contribution in [-0.2, 0) is 0 Å². The predicted molar refractivity (Wildman–Crippen MR) is 113 cm³/mol. The number of halogens is 1. The number of furan rings is 2. The Balaban J connectivity index is 1.32. The molecule has 0 saturated heterocycles. The van der Waals surface area contributed by atoms with Gasteiger partial charge >= 0.3 is 5.91 Å². The molecule has 0 aliphatic rings. The maximum atomic E-state index is 13.0.